The van der Waals surface area contributed by atoms with Gasteiger partial charge in [0.1, 0.15) is 5.75 Å². The highest BCUT2D eigenvalue weighted by Crippen LogP contribution is 2.25. The number of benzene rings is 2. The molecule has 130 valence electrons. The first-order valence-electron chi connectivity index (χ1n) is 7.42. The lowest BCUT2D eigenvalue weighted by atomic mass is 10.1. The van der Waals surface area contributed by atoms with Gasteiger partial charge >= 0.3 is 6.61 Å². The molecule has 0 unspecified atom stereocenters. The van der Waals surface area contributed by atoms with E-state index in [9.17, 15) is 8.78 Å². The maximum atomic E-state index is 12.2. The van der Waals surface area contributed by atoms with Crippen molar-refractivity contribution < 1.29 is 17.9 Å². The lowest BCUT2D eigenvalue weighted by Crippen LogP contribution is -2.07. The minimum Gasteiger partial charge on any atom is -0.435 e. The zero-order valence-electron chi connectivity index (χ0n) is 13.1. The normalized spacial score (nSPS) is 12.2. The van der Waals surface area contributed by atoms with E-state index in [2.05, 4.69) is 36.2 Å². The van der Waals surface area contributed by atoms with Gasteiger partial charge in [-0.1, -0.05) is 12.1 Å². The smallest absolute Gasteiger partial charge is 0.387 e. The van der Waals surface area contributed by atoms with Gasteiger partial charge in [0.2, 0.25) is 5.89 Å². The van der Waals surface area contributed by atoms with Crippen LogP contribution in [0.1, 0.15) is 18.5 Å². The molecule has 0 saturated heterocycles. The number of aromatic nitrogens is 2. The minimum absolute atomic E-state index is 0.0102. The van der Waals surface area contributed by atoms with Crippen LogP contribution in [0.5, 0.6) is 5.75 Å². The average Bonchev–Trinajstić information content (AvgIpc) is 3.02. The molecule has 0 radical (unpaired) electrons. The van der Waals surface area contributed by atoms with Gasteiger partial charge in [-0.3, -0.25) is 0 Å². The Hall–Kier alpha value is -2.48. The Morgan fingerprint density at radius 3 is 2.28 bits per heavy atom. The van der Waals surface area contributed by atoms with Crippen LogP contribution in [-0.2, 0) is 0 Å². The van der Waals surface area contributed by atoms with E-state index in [1.54, 1.807) is 12.1 Å². The van der Waals surface area contributed by atoms with E-state index in [4.69, 9.17) is 4.42 Å². The van der Waals surface area contributed by atoms with E-state index >= 15 is 0 Å². The maximum Gasteiger partial charge on any atom is 0.387 e. The monoisotopic (exact) mass is 409 g/mol. The van der Waals surface area contributed by atoms with Crippen molar-refractivity contribution in [3.05, 3.63) is 58.9 Å². The van der Waals surface area contributed by atoms with Crippen LogP contribution in [-0.4, -0.2) is 16.8 Å². The highest BCUT2D eigenvalue weighted by molar-refractivity contribution is 9.10. The number of hydrogen-bond donors (Lipinski definition) is 1. The largest absolute Gasteiger partial charge is 0.435 e. The van der Waals surface area contributed by atoms with Crippen LogP contribution in [0.4, 0.5) is 14.5 Å². The molecule has 0 spiro atoms. The zero-order chi connectivity index (χ0) is 17.8. The molecule has 3 aromatic rings. The molecule has 0 bridgehead atoms. The summed E-state index contributed by atoms with van der Waals surface area (Å²) < 4.78 is 34.0. The van der Waals surface area contributed by atoms with Gasteiger partial charge in [-0.25, -0.2) is 0 Å². The number of ether oxygens (including phenoxy) is 1. The number of anilines is 1. The summed E-state index contributed by atoms with van der Waals surface area (Å²) >= 11 is 3.12. The second kappa shape index (κ2) is 7.60. The zero-order valence-corrected chi connectivity index (χ0v) is 14.7. The molecule has 0 saturated carbocycles. The van der Waals surface area contributed by atoms with Crippen molar-refractivity contribution in [1.82, 2.24) is 10.2 Å². The lowest BCUT2D eigenvalue weighted by Gasteiger charge is -2.16. The number of hydrogen-bond acceptors (Lipinski definition) is 5. The third-order valence-electron chi connectivity index (χ3n) is 3.52. The van der Waals surface area contributed by atoms with Gasteiger partial charge < -0.3 is 14.5 Å². The number of rotatable bonds is 6. The Morgan fingerprint density at radius 1 is 1.04 bits per heavy atom. The van der Waals surface area contributed by atoms with Gasteiger partial charge in [-0.15, -0.1) is 10.2 Å². The van der Waals surface area contributed by atoms with Crippen LogP contribution in [0, 0.1) is 0 Å². The molecule has 1 N–H and O–H groups in total. The average molecular weight is 410 g/mol. The third kappa shape index (κ3) is 4.54. The maximum absolute atomic E-state index is 12.2. The molecule has 0 fully saturated rings. The molecule has 1 heterocycles. The Labute approximate surface area is 151 Å². The summed E-state index contributed by atoms with van der Waals surface area (Å²) in [5, 5.41) is 11.0. The van der Waals surface area contributed by atoms with Gasteiger partial charge in [-0.05, 0) is 48.9 Å². The summed E-state index contributed by atoms with van der Waals surface area (Å²) in [4.78, 5) is 0.331. The highest BCUT2D eigenvalue weighted by atomic mass is 79.9. The van der Waals surface area contributed by atoms with Crippen molar-refractivity contribution in [2.24, 2.45) is 0 Å². The van der Waals surface area contributed by atoms with Crippen molar-refractivity contribution in [3.63, 3.8) is 0 Å². The molecule has 0 amide bonds. The van der Waals surface area contributed by atoms with Crippen LogP contribution in [0.15, 0.2) is 57.7 Å². The lowest BCUT2D eigenvalue weighted by molar-refractivity contribution is -0.0498. The molecular formula is C17H14BrF2N3O2. The predicted octanol–water partition coefficient (Wildman–Crippen LogP) is 5.27. The summed E-state index contributed by atoms with van der Waals surface area (Å²) in [7, 11) is 0. The topological polar surface area (TPSA) is 60.2 Å². The van der Waals surface area contributed by atoms with Crippen LogP contribution >= 0.6 is 15.9 Å². The van der Waals surface area contributed by atoms with Crippen molar-refractivity contribution in [2.75, 3.05) is 5.32 Å². The van der Waals surface area contributed by atoms with Crippen LogP contribution in [0.3, 0.4) is 0 Å². The quantitative estimate of drug-likeness (QED) is 0.600. The molecule has 3 rings (SSSR count). The second-order valence-corrected chi connectivity index (χ2v) is 5.93. The Bertz CT molecular complexity index is 823. The first-order chi connectivity index (χ1) is 12.0. The first kappa shape index (κ1) is 17.3. The fourth-order valence-corrected chi connectivity index (χ4v) is 2.53. The van der Waals surface area contributed by atoms with E-state index < -0.39 is 6.61 Å². The van der Waals surface area contributed by atoms with Gasteiger partial charge in [0.25, 0.3) is 4.80 Å². The molecule has 5 nitrogen and oxygen atoms in total. The van der Waals surface area contributed by atoms with Gasteiger partial charge in [0.15, 0.2) is 0 Å². The number of nitrogens with zero attached hydrogens (tertiary/aromatic N) is 2. The van der Waals surface area contributed by atoms with E-state index in [1.165, 1.54) is 12.1 Å². The highest BCUT2D eigenvalue weighted by Gasteiger charge is 2.09. The van der Waals surface area contributed by atoms with E-state index in [0.717, 1.165) is 16.8 Å². The van der Waals surface area contributed by atoms with Gasteiger partial charge in [0, 0.05) is 33.2 Å². The standard InChI is InChI=1S/C17H14BrF2N3O2/c1-10(11-4-8-14(9-5-11)24-17(19)20)21-13-6-2-12(3-7-13)15-22-23-16(18)25-15/h2-10,17,21H,1H3/t10-/m0/s1. The van der Waals surface area contributed by atoms with Crippen LogP contribution in [0.25, 0.3) is 11.5 Å². The van der Waals surface area contributed by atoms with Crippen molar-refractivity contribution in [3.8, 4) is 17.2 Å². The summed E-state index contributed by atoms with van der Waals surface area (Å²) in [5.41, 5.74) is 2.67. The summed E-state index contributed by atoms with van der Waals surface area (Å²) in [5.74, 6) is 0.571. The molecule has 2 aromatic carbocycles. The molecule has 1 aromatic heterocycles. The van der Waals surface area contributed by atoms with E-state index in [1.807, 2.05) is 31.2 Å². The molecule has 8 heteroatoms. The van der Waals surface area contributed by atoms with Gasteiger partial charge in [0.05, 0.1) is 0 Å². The third-order valence-corrected chi connectivity index (χ3v) is 3.84. The first-order valence-corrected chi connectivity index (χ1v) is 8.21. The van der Waals surface area contributed by atoms with Crippen molar-refractivity contribution in [2.45, 2.75) is 19.6 Å². The number of halogens is 3. The summed E-state index contributed by atoms with van der Waals surface area (Å²) in [6.45, 7) is -0.842. The van der Waals surface area contributed by atoms with Crippen LogP contribution < -0.4 is 10.1 Å². The van der Waals surface area contributed by atoms with E-state index in [0.29, 0.717) is 10.7 Å². The molecule has 0 aliphatic heterocycles. The second-order valence-electron chi connectivity index (χ2n) is 5.25. The molecular weight excluding hydrogens is 396 g/mol. The molecule has 0 aliphatic rings. The fourth-order valence-electron chi connectivity index (χ4n) is 2.30. The Balaban J connectivity index is 1.65. The Kier molecular flexibility index (Phi) is 5.28. The molecule has 1 atom stereocenters. The summed E-state index contributed by atoms with van der Waals surface area (Å²) in [6.07, 6.45) is 0. The number of nitrogens with one attached hydrogen (secondary N) is 1. The molecule has 25 heavy (non-hydrogen) atoms. The fraction of sp³-hybridized carbons (Fsp3) is 0.176. The van der Waals surface area contributed by atoms with Gasteiger partial charge in [-0.2, -0.15) is 8.78 Å². The number of alkyl halides is 2. The SMILES string of the molecule is C[C@H](Nc1ccc(-c2nnc(Br)o2)cc1)c1ccc(OC(F)F)cc1. The summed E-state index contributed by atoms with van der Waals surface area (Å²) in [6, 6.07) is 14.1. The minimum atomic E-state index is -2.82. The molecule has 0 aliphatic carbocycles. The van der Waals surface area contributed by atoms with Crippen molar-refractivity contribution in [1.29, 1.82) is 0 Å². The predicted molar refractivity (Wildman–Crippen MR) is 92.5 cm³/mol. The Morgan fingerprint density at radius 2 is 1.72 bits per heavy atom. The van der Waals surface area contributed by atoms with E-state index in [-0.39, 0.29) is 11.8 Å². The van der Waals surface area contributed by atoms with Crippen molar-refractivity contribution >= 4 is 21.6 Å². The van der Waals surface area contributed by atoms with Crippen LogP contribution in [0.2, 0.25) is 0 Å².